The van der Waals surface area contributed by atoms with Crippen LogP contribution < -0.4 is 10.6 Å². The summed E-state index contributed by atoms with van der Waals surface area (Å²) in [6.07, 6.45) is 3.45. The third kappa shape index (κ3) is 4.88. The van der Waals surface area contributed by atoms with Crippen molar-refractivity contribution < 1.29 is 4.79 Å². The number of anilines is 1. The lowest BCUT2D eigenvalue weighted by Gasteiger charge is -2.03. The zero-order valence-corrected chi connectivity index (χ0v) is 14.5. The Labute approximate surface area is 141 Å². The fourth-order valence-corrected chi connectivity index (χ4v) is 3.43. The maximum Gasteiger partial charge on any atom is 0.240 e. The van der Waals surface area contributed by atoms with Crippen molar-refractivity contribution in [3.63, 3.8) is 0 Å². The van der Waals surface area contributed by atoms with Crippen LogP contribution in [0.1, 0.15) is 34.5 Å². The van der Waals surface area contributed by atoms with Crippen LogP contribution in [0.15, 0.2) is 24.3 Å². The molecule has 0 unspecified atom stereocenters. The molecule has 0 radical (unpaired) electrons. The molecule has 1 aliphatic rings. The molecule has 1 aliphatic carbocycles. The molecule has 1 aromatic carbocycles. The third-order valence-electron chi connectivity index (χ3n) is 4.04. The lowest BCUT2D eigenvalue weighted by Crippen LogP contribution is -2.29. The Morgan fingerprint density at radius 1 is 1.26 bits per heavy atom. The molecule has 0 aliphatic heterocycles. The summed E-state index contributed by atoms with van der Waals surface area (Å²) in [6, 6.07) is 8.54. The first-order chi connectivity index (χ1) is 11.1. The first-order valence-electron chi connectivity index (χ1n) is 8.12. The van der Waals surface area contributed by atoms with Gasteiger partial charge in [0.15, 0.2) is 5.13 Å². The Balaban J connectivity index is 1.54. The minimum atomic E-state index is -0.0127. The van der Waals surface area contributed by atoms with Gasteiger partial charge < -0.3 is 10.6 Å². The monoisotopic (exact) mass is 329 g/mol. The van der Waals surface area contributed by atoms with Gasteiger partial charge in [0.2, 0.25) is 5.91 Å². The van der Waals surface area contributed by atoms with Crippen LogP contribution in [0.4, 0.5) is 5.13 Å². The molecule has 1 saturated carbocycles. The molecule has 0 bridgehead atoms. The summed E-state index contributed by atoms with van der Waals surface area (Å²) in [6.45, 7) is 5.40. The van der Waals surface area contributed by atoms with E-state index in [0.29, 0.717) is 11.7 Å². The van der Waals surface area contributed by atoms with E-state index in [-0.39, 0.29) is 5.91 Å². The maximum atomic E-state index is 11.9. The van der Waals surface area contributed by atoms with Gasteiger partial charge in [-0.15, -0.1) is 11.3 Å². The minimum absolute atomic E-state index is 0.0127. The number of hydrogen-bond acceptors (Lipinski definition) is 4. The van der Waals surface area contributed by atoms with Gasteiger partial charge in [0.05, 0.1) is 12.2 Å². The van der Waals surface area contributed by atoms with Crippen LogP contribution in [0.25, 0.3) is 0 Å². The number of nitrogens with one attached hydrogen (secondary N) is 2. The van der Waals surface area contributed by atoms with Crippen molar-refractivity contribution in [2.45, 2.75) is 33.1 Å². The van der Waals surface area contributed by atoms with E-state index >= 15 is 0 Å². The average Bonchev–Trinajstić information content (AvgIpc) is 3.27. The summed E-state index contributed by atoms with van der Waals surface area (Å²) in [4.78, 5) is 17.6. The van der Waals surface area contributed by atoms with E-state index < -0.39 is 0 Å². The molecule has 0 atom stereocenters. The summed E-state index contributed by atoms with van der Waals surface area (Å²) < 4.78 is 0. The number of aromatic nitrogens is 1. The van der Waals surface area contributed by atoms with Crippen LogP contribution in [-0.4, -0.2) is 24.0 Å². The van der Waals surface area contributed by atoms with Crippen molar-refractivity contribution in [1.82, 2.24) is 10.3 Å². The number of benzene rings is 1. The number of nitrogens with zero attached hydrogens (tertiary/aromatic N) is 1. The summed E-state index contributed by atoms with van der Waals surface area (Å²) >= 11 is 1.57. The molecule has 3 rings (SSSR count). The zero-order chi connectivity index (χ0) is 16.2. The van der Waals surface area contributed by atoms with Crippen LogP contribution >= 0.6 is 11.3 Å². The van der Waals surface area contributed by atoms with E-state index in [1.54, 1.807) is 11.3 Å². The average molecular weight is 329 g/mol. The Morgan fingerprint density at radius 2 is 2.00 bits per heavy atom. The minimum Gasteiger partial charge on any atom is -0.308 e. The molecular weight excluding hydrogens is 306 g/mol. The van der Waals surface area contributed by atoms with Gasteiger partial charge in [0.1, 0.15) is 0 Å². The van der Waals surface area contributed by atoms with Gasteiger partial charge in [-0.3, -0.25) is 4.79 Å². The van der Waals surface area contributed by atoms with E-state index in [0.717, 1.165) is 24.6 Å². The second-order valence-corrected chi connectivity index (χ2v) is 7.40. The lowest BCUT2D eigenvalue weighted by atomic mass is 10.1. The second-order valence-electron chi connectivity index (χ2n) is 6.31. The van der Waals surface area contributed by atoms with Gasteiger partial charge in [0.25, 0.3) is 0 Å². The molecule has 2 aromatic rings. The van der Waals surface area contributed by atoms with Gasteiger partial charge >= 0.3 is 0 Å². The van der Waals surface area contributed by atoms with Crippen LogP contribution in [0.2, 0.25) is 0 Å². The number of aryl methyl sites for hydroxylation is 2. The highest BCUT2D eigenvalue weighted by molar-refractivity contribution is 7.15. The van der Waals surface area contributed by atoms with Crippen molar-refractivity contribution in [3.05, 3.63) is 46.0 Å². The summed E-state index contributed by atoms with van der Waals surface area (Å²) in [7, 11) is 0. The molecule has 5 heteroatoms. The molecule has 1 heterocycles. The number of carbonyl (C=O) groups is 1. The maximum absolute atomic E-state index is 11.9. The van der Waals surface area contributed by atoms with Crippen molar-refractivity contribution in [1.29, 1.82) is 0 Å². The first-order valence-corrected chi connectivity index (χ1v) is 8.94. The molecule has 1 fully saturated rings. The molecule has 122 valence electrons. The Kier molecular flexibility index (Phi) is 5.08. The third-order valence-corrected chi connectivity index (χ3v) is 5.11. The normalized spacial score (nSPS) is 14.0. The van der Waals surface area contributed by atoms with E-state index in [4.69, 9.17) is 0 Å². The van der Waals surface area contributed by atoms with Crippen LogP contribution in [-0.2, 0) is 11.2 Å². The molecule has 2 N–H and O–H groups in total. The fourth-order valence-electron chi connectivity index (χ4n) is 2.41. The summed E-state index contributed by atoms with van der Waals surface area (Å²) in [5, 5.41) is 6.79. The fraction of sp³-hybridized carbons (Fsp3) is 0.444. The highest BCUT2D eigenvalue weighted by Crippen LogP contribution is 2.27. The van der Waals surface area contributed by atoms with E-state index in [2.05, 4.69) is 46.8 Å². The van der Waals surface area contributed by atoms with E-state index in [1.807, 2.05) is 6.92 Å². The summed E-state index contributed by atoms with van der Waals surface area (Å²) in [5.74, 6) is 0.771. The molecule has 4 nitrogen and oxygen atoms in total. The number of thiazole rings is 1. The molecule has 0 spiro atoms. The summed E-state index contributed by atoms with van der Waals surface area (Å²) in [5.41, 5.74) is 3.53. The predicted octanol–water partition coefficient (Wildman–Crippen LogP) is 3.29. The second kappa shape index (κ2) is 7.23. The Hall–Kier alpha value is -1.72. The Morgan fingerprint density at radius 3 is 2.70 bits per heavy atom. The molecular formula is C18H23N3OS. The Bertz CT molecular complexity index is 674. The van der Waals surface area contributed by atoms with Crippen LogP contribution in [0.5, 0.6) is 0 Å². The van der Waals surface area contributed by atoms with Crippen LogP contribution in [0, 0.1) is 19.8 Å². The number of hydrogen-bond donors (Lipinski definition) is 2. The smallest absolute Gasteiger partial charge is 0.240 e. The van der Waals surface area contributed by atoms with Crippen molar-refractivity contribution in [3.8, 4) is 0 Å². The molecule has 1 amide bonds. The van der Waals surface area contributed by atoms with Crippen LogP contribution in [0.3, 0.4) is 0 Å². The standard InChI is InChI=1S/C18H23N3OS/c1-12-3-5-14(6-4-12)9-16-13(2)20-18(23-16)21-17(22)11-19-10-15-7-8-15/h3-6,15,19H,7-11H2,1-2H3,(H,20,21,22). The highest BCUT2D eigenvalue weighted by Gasteiger charge is 2.20. The van der Waals surface area contributed by atoms with E-state index in [1.165, 1.54) is 28.8 Å². The van der Waals surface area contributed by atoms with Gasteiger partial charge in [-0.05, 0) is 44.7 Å². The quantitative estimate of drug-likeness (QED) is 0.819. The van der Waals surface area contributed by atoms with Crippen molar-refractivity contribution in [2.24, 2.45) is 5.92 Å². The van der Waals surface area contributed by atoms with Crippen molar-refractivity contribution >= 4 is 22.4 Å². The molecule has 1 aromatic heterocycles. The lowest BCUT2D eigenvalue weighted by molar-refractivity contribution is -0.115. The highest BCUT2D eigenvalue weighted by atomic mass is 32.1. The number of rotatable bonds is 7. The van der Waals surface area contributed by atoms with Gasteiger partial charge in [0, 0.05) is 11.3 Å². The van der Waals surface area contributed by atoms with Gasteiger partial charge in [-0.25, -0.2) is 4.98 Å². The molecule has 23 heavy (non-hydrogen) atoms. The van der Waals surface area contributed by atoms with E-state index in [9.17, 15) is 4.79 Å². The predicted molar refractivity (Wildman–Crippen MR) is 95.1 cm³/mol. The van der Waals surface area contributed by atoms with Crippen molar-refractivity contribution in [2.75, 3.05) is 18.4 Å². The first kappa shape index (κ1) is 16.1. The van der Waals surface area contributed by atoms with Gasteiger partial charge in [-0.2, -0.15) is 0 Å². The largest absolute Gasteiger partial charge is 0.308 e. The number of carbonyl (C=O) groups excluding carboxylic acids is 1. The van der Waals surface area contributed by atoms with Gasteiger partial charge in [-0.1, -0.05) is 29.8 Å². The zero-order valence-electron chi connectivity index (χ0n) is 13.7. The number of amides is 1. The topological polar surface area (TPSA) is 54.0 Å². The molecule has 0 saturated heterocycles. The SMILES string of the molecule is Cc1ccc(Cc2sc(NC(=O)CNCC3CC3)nc2C)cc1.